The summed E-state index contributed by atoms with van der Waals surface area (Å²) in [6.07, 6.45) is 26.4. The van der Waals surface area contributed by atoms with E-state index in [1.165, 1.54) is 44.0 Å². The predicted octanol–water partition coefficient (Wildman–Crippen LogP) is 12.2. The molecule has 0 aliphatic carbocycles. The summed E-state index contributed by atoms with van der Waals surface area (Å²) < 4.78 is 4.58. The summed E-state index contributed by atoms with van der Waals surface area (Å²) in [7, 11) is 0. The van der Waals surface area contributed by atoms with Crippen LogP contribution in [0.5, 0.6) is 0 Å². The Labute approximate surface area is 386 Å². The molecule has 13 aromatic rings. The number of thiophene rings is 1. The minimum absolute atomic E-state index is 1.06. The molecule has 12 nitrogen and oxygen atoms in total. The average Bonchev–Trinajstić information content (AvgIpc) is 4.24. The van der Waals surface area contributed by atoms with Gasteiger partial charge in [0.2, 0.25) is 0 Å². The average molecular weight is 884 g/mol. The fourth-order valence-electron chi connectivity index (χ4n) is 5.42. The largest absolute Gasteiger partial charge is 0.473 e. The van der Waals surface area contributed by atoms with Gasteiger partial charge in [0.25, 0.3) is 0 Å². The molecule has 0 amide bonds. The van der Waals surface area contributed by atoms with Gasteiger partial charge in [0.1, 0.15) is 6.33 Å². The maximum absolute atomic E-state index is 4.58. The van der Waals surface area contributed by atoms with Gasteiger partial charge in [-0.2, -0.15) is 21.5 Å². The lowest BCUT2D eigenvalue weighted by molar-refractivity contribution is 0.567. The van der Waals surface area contributed by atoms with Gasteiger partial charge >= 0.3 is 0 Å². The summed E-state index contributed by atoms with van der Waals surface area (Å²) in [5, 5.41) is 30.6. The van der Waals surface area contributed by atoms with Crippen molar-refractivity contribution in [2.24, 2.45) is 0 Å². The monoisotopic (exact) mass is 883 g/mol. The van der Waals surface area contributed by atoms with Crippen molar-refractivity contribution in [3.05, 3.63) is 274 Å². The standard InChI is InChI=1S/C16H10.C9H7N.C5H5N.3C4H4N2.C4H4O.C4H4S.C3H3N3/c1-3-11-7-9-13-5-2-6-14-10-8-12(4-1)15(11)16(13)14;1-2-6-9-8(4-1)5-3-7-10-9;1-2-4-6-5-3-1;1-2-6-4-3-5-1;1-2-5-4-6-3-1;1-2-4-6-5-3-1;2*1-2-4-5-3-1;1-2-4-6-5-3-1/h1-10H;1-7H;1-5H;3*1-4H;2*1-4H;1-3H. The number of rotatable bonds is 0. The molecule has 0 atom stereocenters. The molecule has 0 saturated heterocycles. The minimum atomic E-state index is 1.06. The third-order valence-electron chi connectivity index (χ3n) is 8.17. The Morgan fingerprint density at radius 1 is 0.303 bits per heavy atom. The van der Waals surface area contributed by atoms with E-state index < -0.39 is 0 Å². The van der Waals surface area contributed by atoms with Crippen molar-refractivity contribution in [2.45, 2.75) is 0 Å². The fraction of sp³-hybridized carbons (Fsp3) is 0. The number of hydrogen-bond donors (Lipinski definition) is 0. The molecule has 13 heteroatoms. The highest BCUT2D eigenvalue weighted by Crippen LogP contribution is 2.33. The lowest BCUT2D eigenvalue weighted by atomic mass is 9.95. The normalized spacial score (nSPS) is 9.21. The summed E-state index contributed by atoms with van der Waals surface area (Å²) in [6.45, 7) is 0. The molecular formula is C53H45N11OS. The van der Waals surface area contributed by atoms with Gasteiger partial charge < -0.3 is 4.42 Å². The van der Waals surface area contributed by atoms with Gasteiger partial charge in [-0.05, 0) is 109 Å². The quantitative estimate of drug-likeness (QED) is 0.133. The van der Waals surface area contributed by atoms with Crippen molar-refractivity contribution in [1.82, 2.24) is 55.5 Å². The minimum Gasteiger partial charge on any atom is -0.473 e. The third-order valence-corrected chi connectivity index (χ3v) is 8.80. The molecule has 0 radical (unpaired) electrons. The molecule has 0 aliphatic rings. The van der Waals surface area contributed by atoms with Gasteiger partial charge in [0.05, 0.1) is 30.4 Å². The van der Waals surface area contributed by atoms with Crippen LogP contribution in [-0.4, -0.2) is 55.5 Å². The third kappa shape index (κ3) is 19.3. The number of benzene rings is 5. The number of fused-ring (bicyclic) bond motifs is 1. The number of nitrogens with zero attached hydrogens (tertiary/aromatic N) is 11. The number of furan rings is 1. The molecule has 0 N–H and O–H groups in total. The van der Waals surface area contributed by atoms with Gasteiger partial charge in [0.15, 0.2) is 0 Å². The van der Waals surface area contributed by atoms with Gasteiger partial charge in [0, 0.05) is 73.6 Å². The van der Waals surface area contributed by atoms with E-state index in [1.54, 1.807) is 110 Å². The van der Waals surface area contributed by atoms with Gasteiger partial charge in [-0.3, -0.25) is 19.9 Å². The van der Waals surface area contributed by atoms with E-state index >= 15 is 0 Å². The molecule has 5 aromatic carbocycles. The van der Waals surface area contributed by atoms with E-state index in [-0.39, 0.29) is 0 Å². The van der Waals surface area contributed by atoms with E-state index in [0.717, 1.165) is 5.52 Å². The first-order valence-corrected chi connectivity index (χ1v) is 21.3. The summed E-state index contributed by atoms with van der Waals surface area (Å²) in [5.74, 6) is 0. The number of aromatic nitrogens is 11. The molecular weight excluding hydrogens is 839 g/mol. The van der Waals surface area contributed by atoms with Crippen molar-refractivity contribution in [3.63, 3.8) is 0 Å². The van der Waals surface area contributed by atoms with E-state index in [0.29, 0.717) is 0 Å². The Kier molecular flexibility index (Phi) is 23.1. The highest BCUT2D eigenvalue weighted by Gasteiger charge is 2.06. The first-order valence-electron chi connectivity index (χ1n) is 20.3. The van der Waals surface area contributed by atoms with Crippen LogP contribution in [-0.2, 0) is 0 Å². The summed E-state index contributed by atoms with van der Waals surface area (Å²) in [6, 6.07) is 54.5. The van der Waals surface area contributed by atoms with E-state index in [2.05, 4.69) is 133 Å². The Morgan fingerprint density at radius 3 is 1.08 bits per heavy atom. The topological polar surface area (TPSA) is 155 Å². The van der Waals surface area contributed by atoms with Crippen LogP contribution in [0.15, 0.2) is 278 Å². The van der Waals surface area contributed by atoms with E-state index in [1.807, 2.05) is 95.8 Å². The summed E-state index contributed by atoms with van der Waals surface area (Å²) in [5.41, 5.74) is 1.06. The number of pyridine rings is 2. The second-order valence-electron chi connectivity index (χ2n) is 12.6. The summed E-state index contributed by atoms with van der Waals surface area (Å²) in [4.78, 5) is 22.8. The SMILES string of the molecule is c1cc2ccc3cccc4ccc(c1)c2c34.c1ccc2ncccc2c1.c1ccncc1.c1ccnnc1.c1ccoc1.c1ccsc1.c1cnccn1.c1cncnc1.c1cnnnc1. The van der Waals surface area contributed by atoms with Crippen LogP contribution in [0.1, 0.15) is 0 Å². The van der Waals surface area contributed by atoms with Crippen LogP contribution < -0.4 is 0 Å². The second kappa shape index (κ2) is 31.7. The van der Waals surface area contributed by atoms with Crippen LogP contribution in [0.25, 0.3) is 43.2 Å². The van der Waals surface area contributed by atoms with Crippen molar-refractivity contribution in [2.75, 3.05) is 0 Å². The zero-order valence-corrected chi connectivity index (χ0v) is 36.5. The maximum Gasteiger partial charge on any atom is 0.115 e. The molecule has 0 fully saturated rings. The molecule has 0 unspecified atom stereocenters. The lowest BCUT2D eigenvalue weighted by Gasteiger charge is -2.09. The molecule has 0 saturated carbocycles. The highest BCUT2D eigenvalue weighted by atomic mass is 32.1. The predicted molar refractivity (Wildman–Crippen MR) is 265 cm³/mol. The molecule has 13 rings (SSSR count). The van der Waals surface area contributed by atoms with Crippen molar-refractivity contribution >= 4 is 54.6 Å². The van der Waals surface area contributed by atoms with Crippen LogP contribution in [0.3, 0.4) is 0 Å². The molecule has 0 spiro atoms. The first kappa shape index (κ1) is 48.0. The van der Waals surface area contributed by atoms with Gasteiger partial charge in [-0.1, -0.05) is 103 Å². The van der Waals surface area contributed by atoms with Gasteiger partial charge in [-0.25, -0.2) is 9.97 Å². The van der Waals surface area contributed by atoms with Crippen LogP contribution in [0, 0.1) is 0 Å². The molecule has 0 aliphatic heterocycles. The van der Waals surface area contributed by atoms with E-state index in [9.17, 15) is 0 Å². The summed E-state index contributed by atoms with van der Waals surface area (Å²) >= 11 is 1.71. The number of hydrogen-bond acceptors (Lipinski definition) is 13. The van der Waals surface area contributed by atoms with Gasteiger partial charge in [-0.15, -0.1) is 10.2 Å². The van der Waals surface area contributed by atoms with Crippen molar-refractivity contribution < 1.29 is 4.42 Å². The zero-order chi connectivity index (χ0) is 45.6. The Bertz CT molecular complexity index is 2460. The zero-order valence-electron chi connectivity index (χ0n) is 35.7. The molecule has 8 heterocycles. The van der Waals surface area contributed by atoms with Crippen LogP contribution in [0.2, 0.25) is 0 Å². The Morgan fingerprint density at radius 2 is 0.758 bits per heavy atom. The molecule has 324 valence electrons. The van der Waals surface area contributed by atoms with E-state index in [4.69, 9.17) is 0 Å². The lowest BCUT2D eigenvalue weighted by Crippen LogP contribution is -1.82. The Hall–Kier alpha value is -9.07. The second-order valence-corrected chi connectivity index (χ2v) is 13.4. The number of para-hydroxylation sites is 1. The highest BCUT2D eigenvalue weighted by molar-refractivity contribution is 7.07. The van der Waals surface area contributed by atoms with Crippen LogP contribution >= 0.6 is 11.3 Å². The molecule has 0 bridgehead atoms. The van der Waals surface area contributed by atoms with Crippen LogP contribution in [0.4, 0.5) is 0 Å². The molecule has 66 heavy (non-hydrogen) atoms. The Balaban J connectivity index is 0.000000145. The van der Waals surface area contributed by atoms with Crippen molar-refractivity contribution in [3.8, 4) is 0 Å². The van der Waals surface area contributed by atoms with Crippen molar-refractivity contribution in [1.29, 1.82) is 0 Å². The molecule has 8 aromatic heterocycles. The fourth-order valence-corrected chi connectivity index (χ4v) is 5.87. The maximum atomic E-state index is 4.58. The first-order chi connectivity index (χ1) is 32.9. The smallest absolute Gasteiger partial charge is 0.115 e.